The molecule has 16 heteroatoms. The third-order valence-corrected chi connectivity index (χ3v) is 9.53. The topological polar surface area (TPSA) is 197 Å². The number of nitrogens with one attached hydrogen (secondary N) is 1. The summed E-state index contributed by atoms with van der Waals surface area (Å²) in [5.41, 5.74) is 1.51. The number of azo groups is 2. The van der Waals surface area contributed by atoms with E-state index in [1.54, 1.807) is 48.5 Å². The molecule has 5 rings (SSSR count). The molecule has 0 unspecified atom stereocenters. The van der Waals surface area contributed by atoms with Crippen LogP contribution in [0, 0.1) is 0 Å². The molecule has 0 saturated carbocycles. The molecule has 45 heavy (non-hydrogen) atoms. The van der Waals surface area contributed by atoms with Crippen molar-refractivity contribution in [3.05, 3.63) is 109 Å². The Labute approximate surface area is 270 Å². The summed E-state index contributed by atoms with van der Waals surface area (Å²) in [4.78, 5) is 11.9. The van der Waals surface area contributed by atoms with E-state index in [-0.39, 0.29) is 21.9 Å². The van der Waals surface area contributed by atoms with Crippen molar-refractivity contribution >= 4 is 88.4 Å². The zero-order chi connectivity index (χ0) is 32.2. The Balaban J connectivity index is 1.41. The van der Waals surface area contributed by atoms with Crippen molar-refractivity contribution in [1.82, 2.24) is 0 Å². The van der Waals surface area contributed by atoms with Gasteiger partial charge in [0.25, 0.3) is 16.0 Å². The highest BCUT2D eigenvalue weighted by Gasteiger charge is 2.25. The van der Waals surface area contributed by atoms with Crippen LogP contribution in [0.3, 0.4) is 0 Å². The van der Waals surface area contributed by atoms with Gasteiger partial charge in [-0.3, -0.25) is 9.35 Å². The van der Waals surface area contributed by atoms with Gasteiger partial charge in [0.05, 0.1) is 22.0 Å². The first kappa shape index (κ1) is 31.8. The first-order chi connectivity index (χ1) is 21.4. The van der Waals surface area contributed by atoms with Crippen LogP contribution < -0.4 is 5.32 Å². The predicted octanol–water partition coefficient (Wildman–Crippen LogP) is 7.93. The maximum absolute atomic E-state index is 12.8. The molecule has 0 radical (unpaired) electrons. The Morgan fingerprint density at radius 2 is 1.29 bits per heavy atom. The predicted molar refractivity (Wildman–Crippen MR) is 173 cm³/mol. The van der Waals surface area contributed by atoms with E-state index in [4.69, 9.17) is 4.55 Å². The van der Waals surface area contributed by atoms with Crippen LogP contribution >= 0.6 is 23.0 Å². The average molecular weight is 758 g/mol. The molecule has 5 aromatic rings. The van der Waals surface area contributed by atoms with E-state index in [1.807, 2.05) is 0 Å². The van der Waals surface area contributed by atoms with Crippen LogP contribution in [0.15, 0.2) is 133 Å². The molecule has 0 aliphatic carbocycles. The number of benzene rings is 5. The van der Waals surface area contributed by atoms with E-state index in [9.17, 15) is 26.7 Å². The van der Waals surface area contributed by atoms with Gasteiger partial charge in [-0.15, -0.1) is 5.11 Å². The highest BCUT2D eigenvalue weighted by atomic mass is 127. The van der Waals surface area contributed by atoms with E-state index in [0.29, 0.717) is 33.7 Å². The molecule has 0 aromatic heterocycles. The maximum atomic E-state index is 12.8. The van der Waals surface area contributed by atoms with Crippen molar-refractivity contribution in [1.29, 1.82) is 0 Å². The number of hydrogen-bond acceptors (Lipinski definition) is 11. The first-order valence-corrected chi connectivity index (χ1v) is 16.4. The number of amides is 1. The van der Waals surface area contributed by atoms with Crippen molar-refractivity contribution in [2.24, 2.45) is 20.5 Å². The minimum atomic E-state index is -4.37. The standard InChI is InChI=1S/C29H20IN5O8S2/c30-43-45(41,42)26-17-19-16-23(31-29(37)18-4-2-1-3-5-18)12-15-25(19)28(36)27(26)35-34-21-8-6-20(7-9-21)32-33-22-10-13-24(14-11-22)44(38,39)40/h1-17,36H,(H,31,37)(H,38,39,40). The van der Waals surface area contributed by atoms with E-state index < -0.39 is 30.9 Å². The molecule has 228 valence electrons. The number of nitrogens with zero attached hydrogens (tertiary/aromatic N) is 4. The van der Waals surface area contributed by atoms with Crippen molar-refractivity contribution in [2.45, 2.75) is 9.79 Å². The Bertz CT molecular complexity index is 2180. The molecule has 0 spiro atoms. The summed E-state index contributed by atoms with van der Waals surface area (Å²) in [6.07, 6.45) is 0. The number of phenols is 1. The quantitative estimate of drug-likeness (QED) is 0.0765. The van der Waals surface area contributed by atoms with E-state index in [1.165, 1.54) is 77.6 Å². The number of hydrogen-bond donors (Lipinski definition) is 3. The lowest BCUT2D eigenvalue weighted by atomic mass is 10.1. The lowest BCUT2D eigenvalue weighted by Gasteiger charge is -2.11. The number of fused-ring (bicyclic) bond motifs is 1. The van der Waals surface area contributed by atoms with Crippen LogP contribution in [0.1, 0.15) is 10.4 Å². The Morgan fingerprint density at radius 1 is 0.733 bits per heavy atom. The summed E-state index contributed by atoms with van der Waals surface area (Å²) in [6.45, 7) is 0. The molecule has 0 heterocycles. The Hall–Kier alpha value is -4.62. The molecule has 3 N–H and O–H groups in total. The zero-order valence-electron chi connectivity index (χ0n) is 22.6. The lowest BCUT2D eigenvalue weighted by molar-refractivity contribution is 0.102. The number of rotatable bonds is 9. The van der Waals surface area contributed by atoms with Gasteiger partial charge < -0.3 is 10.4 Å². The van der Waals surface area contributed by atoms with E-state index >= 15 is 0 Å². The summed E-state index contributed by atoms with van der Waals surface area (Å²) < 4.78 is 61.7. The maximum Gasteiger partial charge on any atom is 0.308 e. The number of aromatic hydroxyl groups is 1. The normalized spacial score (nSPS) is 12.2. The van der Waals surface area contributed by atoms with Gasteiger partial charge in [-0.1, -0.05) is 18.2 Å². The zero-order valence-corrected chi connectivity index (χ0v) is 26.4. The highest BCUT2D eigenvalue weighted by molar-refractivity contribution is 14.1. The number of halogens is 1. The number of carbonyl (C=O) groups excluding carboxylic acids is 1. The monoisotopic (exact) mass is 757 g/mol. The summed E-state index contributed by atoms with van der Waals surface area (Å²) in [6, 6.07) is 25.7. The van der Waals surface area contributed by atoms with Gasteiger partial charge >= 0.3 is 10.1 Å². The molecule has 0 fully saturated rings. The summed E-state index contributed by atoms with van der Waals surface area (Å²) in [5.74, 6) is -0.829. The van der Waals surface area contributed by atoms with Crippen LogP contribution in [0.2, 0.25) is 0 Å². The second-order valence-electron chi connectivity index (χ2n) is 9.23. The number of carbonyl (C=O) groups is 1. The molecule has 0 aliphatic heterocycles. The fraction of sp³-hybridized carbons (Fsp3) is 0. The van der Waals surface area contributed by atoms with Crippen LogP contribution in [0.4, 0.5) is 28.4 Å². The van der Waals surface area contributed by atoms with Gasteiger partial charge in [0.2, 0.25) is 0 Å². The van der Waals surface area contributed by atoms with Crippen molar-refractivity contribution in [3.63, 3.8) is 0 Å². The summed E-state index contributed by atoms with van der Waals surface area (Å²) >= 11 is 1.22. The van der Waals surface area contributed by atoms with Gasteiger partial charge in [-0.05, 0) is 90.3 Å². The smallest absolute Gasteiger partial charge is 0.308 e. The Kier molecular flexibility index (Phi) is 9.30. The van der Waals surface area contributed by atoms with Crippen LogP contribution in [-0.2, 0) is 22.7 Å². The van der Waals surface area contributed by atoms with Crippen molar-refractivity contribution < 1.29 is 33.8 Å². The van der Waals surface area contributed by atoms with Gasteiger partial charge in [0, 0.05) is 16.6 Å². The minimum Gasteiger partial charge on any atom is -0.505 e. The lowest BCUT2D eigenvalue weighted by Crippen LogP contribution is -2.11. The van der Waals surface area contributed by atoms with E-state index in [2.05, 4.69) is 28.3 Å². The minimum absolute atomic E-state index is 0.259. The summed E-state index contributed by atoms with van der Waals surface area (Å²) in [5, 5.41) is 30.5. The van der Waals surface area contributed by atoms with Gasteiger partial charge in [-0.25, -0.2) is 0 Å². The van der Waals surface area contributed by atoms with Gasteiger partial charge in [-0.2, -0.15) is 34.7 Å². The van der Waals surface area contributed by atoms with Crippen LogP contribution in [-0.4, -0.2) is 32.4 Å². The second-order valence-corrected chi connectivity index (χ2v) is 13.2. The molecule has 0 saturated heterocycles. The largest absolute Gasteiger partial charge is 0.505 e. The SMILES string of the molecule is O=C(Nc1ccc2c(O)c(N=Nc3ccc(N=Nc4ccc(S(=O)(=O)O)cc4)cc3)c(S(=O)(=O)OI)cc2c1)c1ccccc1. The molecule has 1 amide bonds. The fourth-order valence-electron chi connectivity index (χ4n) is 4.04. The molecular formula is C29H20IN5O8S2. The van der Waals surface area contributed by atoms with Gasteiger partial charge in [0.15, 0.2) is 5.75 Å². The molecular weight excluding hydrogens is 737 g/mol. The molecule has 13 nitrogen and oxygen atoms in total. The third-order valence-electron chi connectivity index (χ3n) is 6.23. The van der Waals surface area contributed by atoms with Crippen molar-refractivity contribution in [2.75, 3.05) is 5.32 Å². The van der Waals surface area contributed by atoms with Crippen LogP contribution in [0.5, 0.6) is 5.75 Å². The molecule has 0 bridgehead atoms. The fourth-order valence-corrected chi connectivity index (χ4v) is 5.81. The first-order valence-electron chi connectivity index (χ1n) is 12.7. The second kappa shape index (κ2) is 13.2. The van der Waals surface area contributed by atoms with Crippen molar-refractivity contribution in [3.8, 4) is 5.75 Å². The molecule has 0 atom stereocenters. The van der Waals surface area contributed by atoms with Gasteiger partial charge in [0.1, 0.15) is 33.6 Å². The molecule has 5 aromatic carbocycles. The highest BCUT2D eigenvalue weighted by Crippen LogP contribution is 2.43. The summed E-state index contributed by atoms with van der Waals surface area (Å²) in [7, 11) is -8.69. The molecule has 0 aliphatic rings. The van der Waals surface area contributed by atoms with Crippen LogP contribution in [0.25, 0.3) is 10.8 Å². The third kappa shape index (κ3) is 7.55. The number of anilines is 1. The average Bonchev–Trinajstić information content (AvgIpc) is 3.04. The Morgan fingerprint density at radius 3 is 1.84 bits per heavy atom. The number of phenolic OH excluding ortho intramolecular Hbond substituents is 1. The van der Waals surface area contributed by atoms with E-state index in [0.717, 1.165) is 0 Å².